The van der Waals surface area contributed by atoms with E-state index in [0.717, 1.165) is 5.56 Å². The van der Waals surface area contributed by atoms with Crippen molar-refractivity contribution in [3.63, 3.8) is 0 Å². The van der Waals surface area contributed by atoms with Gasteiger partial charge in [-0.05, 0) is 35.4 Å². The molecule has 0 N–H and O–H groups in total. The number of anilines is 1. The highest BCUT2D eigenvalue weighted by atomic mass is 35.5. The van der Waals surface area contributed by atoms with E-state index in [1.54, 1.807) is 36.4 Å². The van der Waals surface area contributed by atoms with Gasteiger partial charge in [-0.3, -0.25) is 4.79 Å². The van der Waals surface area contributed by atoms with Crippen molar-refractivity contribution in [1.82, 2.24) is 0 Å². The predicted molar refractivity (Wildman–Crippen MR) is 109 cm³/mol. The van der Waals surface area contributed by atoms with E-state index in [1.807, 2.05) is 47.4 Å². The van der Waals surface area contributed by atoms with E-state index < -0.39 is 11.5 Å². The quantitative estimate of drug-likeness (QED) is 0.481. The number of hydrogen-bond donors (Lipinski definition) is 0. The summed E-state index contributed by atoms with van der Waals surface area (Å²) in [7, 11) is 1.30. The minimum absolute atomic E-state index is 0.298. The summed E-state index contributed by atoms with van der Waals surface area (Å²) in [6.45, 7) is 0.376. The first-order valence-electron chi connectivity index (χ1n) is 8.89. The molecule has 0 aromatic heterocycles. The Morgan fingerprint density at radius 2 is 1.61 bits per heavy atom. The third kappa shape index (κ3) is 2.69. The highest BCUT2D eigenvalue weighted by Gasteiger charge is 2.59. The van der Waals surface area contributed by atoms with Crippen molar-refractivity contribution < 1.29 is 14.3 Å². The lowest BCUT2D eigenvalue weighted by Gasteiger charge is -2.36. The molecule has 3 aromatic carbocycles. The summed E-state index contributed by atoms with van der Waals surface area (Å²) in [5, 5.41) is 0.529. The van der Waals surface area contributed by atoms with E-state index in [2.05, 4.69) is 0 Å². The van der Waals surface area contributed by atoms with Crippen LogP contribution in [-0.2, 0) is 21.6 Å². The fourth-order valence-corrected chi connectivity index (χ4v) is 3.94. The summed E-state index contributed by atoms with van der Waals surface area (Å²) >= 11 is 6.05. The van der Waals surface area contributed by atoms with Gasteiger partial charge in [-0.1, -0.05) is 66.2 Å². The molecule has 1 unspecified atom stereocenters. The third-order valence-electron chi connectivity index (χ3n) is 5.10. The topological polar surface area (TPSA) is 46.6 Å². The van der Waals surface area contributed by atoms with Crippen LogP contribution in [0.2, 0.25) is 5.02 Å². The molecule has 0 fully saturated rings. The van der Waals surface area contributed by atoms with Crippen LogP contribution >= 0.6 is 11.6 Å². The molecular formula is C23H18ClNO3. The Balaban J connectivity index is 1.97. The molecule has 0 saturated carbocycles. The number of benzene rings is 3. The first-order valence-corrected chi connectivity index (χ1v) is 9.26. The molecule has 0 bridgehead atoms. The number of carbonyl (C=O) groups excluding carboxylic acids is 2. The monoisotopic (exact) mass is 391 g/mol. The lowest BCUT2D eigenvalue weighted by molar-refractivity contribution is -0.145. The normalized spacial score (nSPS) is 18.1. The van der Waals surface area contributed by atoms with Gasteiger partial charge in [0.15, 0.2) is 0 Å². The Labute approximate surface area is 168 Å². The molecule has 1 heterocycles. The Hall–Kier alpha value is -3.11. The maximum Gasteiger partial charge on any atom is 0.344 e. The SMILES string of the molecule is COC(=O)C1(c2ccc(Cl)cc2)C(=O)c2ccccc2N1Cc1ccccc1. The maximum absolute atomic E-state index is 13.6. The van der Waals surface area contributed by atoms with E-state index in [4.69, 9.17) is 16.3 Å². The zero-order valence-corrected chi connectivity index (χ0v) is 16.0. The molecule has 4 nitrogen and oxygen atoms in total. The molecule has 1 aliphatic rings. The van der Waals surface area contributed by atoms with Gasteiger partial charge in [-0.25, -0.2) is 4.79 Å². The Morgan fingerprint density at radius 1 is 0.964 bits per heavy atom. The van der Waals surface area contributed by atoms with Crippen LogP contribution < -0.4 is 4.90 Å². The molecule has 0 spiro atoms. The maximum atomic E-state index is 13.6. The van der Waals surface area contributed by atoms with Gasteiger partial charge in [-0.2, -0.15) is 0 Å². The van der Waals surface area contributed by atoms with E-state index >= 15 is 0 Å². The van der Waals surface area contributed by atoms with Gasteiger partial charge in [0.2, 0.25) is 11.3 Å². The van der Waals surface area contributed by atoms with Crippen LogP contribution in [0.25, 0.3) is 0 Å². The standard InChI is InChI=1S/C23H18ClNO3/c1-28-22(27)23(17-11-13-18(24)14-12-17)21(26)19-9-5-6-10-20(19)25(23)15-16-7-3-2-4-8-16/h2-14H,15H2,1H3. The number of nitrogens with zero attached hydrogens (tertiary/aromatic N) is 1. The number of halogens is 1. The molecule has 0 aliphatic carbocycles. The summed E-state index contributed by atoms with van der Waals surface area (Å²) in [5.74, 6) is -0.917. The van der Waals surface area contributed by atoms with Crippen molar-refractivity contribution in [2.75, 3.05) is 12.0 Å². The number of methoxy groups -OCH3 is 1. The highest BCUT2D eigenvalue weighted by Crippen LogP contribution is 2.46. The van der Waals surface area contributed by atoms with E-state index in [0.29, 0.717) is 28.4 Å². The van der Waals surface area contributed by atoms with Gasteiger partial charge < -0.3 is 9.64 Å². The van der Waals surface area contributed by atoms with Crippen LogP contribution in [0.5, 0.6) is 0 Å². The number of para-hydroxylation sites is 1. The van der Waals surface area contributed by atoms with Gasteiger partial charge in [-0.15, -0.1) is 0 Å². The number of Topliss-reactive ketones (excluding diaryl/α,β-unsaturated/α-hetero) is 1. The Bertz CT molecular complexity index is 1030. The molecule has 0 amide bonds. The zero-order valence-electron chi connectivity index (χ0n) is 15.3. The van der Waals surface area contributed by atoms with Gasteiger partial charge in [0, 0.05) is 22.8 Å². The van der Waals surface area contributed by atoms with Crippen molar-refractivity contribution >= 4 is 29.0 Å². The first-order chi connectivity index (χ1) is 13.6. The smallest absolute Gasteiger partial charge is 0.344 e. The Kier molecular flexibility index (Phi) is 4.65. The number of esters is 1. The van der Waals surface area contributed by atoms with Crippen LogP contribution in [0.4, 0.5) is 5.69 Å². The summed E-state index contributed by atoms with van der Waals surface area (Å²) in [4.78, 5) is 28.6. The largest absolute Gasteiger partial charge is 0.467 e. The number of ether oxygens (including phenoxy) is 1. The average molecular weight is 392 g/mol. The van der Waals surface area contributed by atoms with Crippen LogP contribution in [0, 0.1) is 0 Å². The van der Waals surface area contributed by atoms with E-state index in [-0.39, 0.29) is 5.78 Å². The van der Waals surface area contributed by atoms with Crippen molar-refractivity contribution in [1.29, 1.82) is 0 Å². The lowest BCUT2D eigenvalue weighted by Crippen LogP contribution is -2.54. The molecule has 28 heavy (non-hydrogen) atoms. The number of fused-ring (bicyclic) bond motifs is 1. The molecule has 140 valence electrons. The van der Waals surface area contributed by atoms with Crippen molar-refractivity contribution in [3.05, 3.63) is 101 Å². The van der Waals surface area contributed by atoms with Gasteiger partial charge >= 0.3 is 5.97 Å². The molecule has 5 heteroatoms. The molecule has 1 aliphatic heterocycles. The van der Waals surface area contributed by atoms with Crippen LogP contribution in [-0.4, -0.2) is 18.9 Å². The van der Waals surface area contributed by atoms with Gasteiger partial charge in [0.05, 0.1) is 7.11 Å². The zero-order chi connectivity index (χ0) is 19.7. The molecule has 0 saturated heterocycles. The van der Waals surface area contributed by atoms with Crippen LogP contribution in [0.15, 0.2) is 78.9 Å². The second kappa shape index (κ2) is 7.13. The first kappa shape index (κ1) is 18.3. The second-order valence-corrected chi connectivity index (χ2v) is 7.06. The van der Waals surface area contributed by atoms with Gasteiger partial charge in [0.25, 0.3) is 0 Å². The molecule has 3 aromatic rings. The number of rotatable bonds is 4. The summed E-state index contributed by atoms with van der Waals surface area (Å²) in [6.07, 6.45) is 0. The van der Waals surface area contributed by atoms with E-state index in [1.165, 1.54) is 7.11 Å². The fraction of sp³-hybridized carbons (Fsp3) is 0.130. The number of carbonyl (C=O) groups is 2. The molecule has 0 radical (unpaired) electrons. The van der Waals surface area contributed by atoms with Crippen LogP contribution in [0.3, 0.4) is 0 Å². The van der Waals surface area contributed by atoms with Crippen molar-refractivity contribution in [2.45, 2.75) is 12.1 Å². The summed E-state index contributed by atoms with van der Waals surface area (Å²) in [5.41, 5.74) is 1.12. The lowest BCUT2D eigenvalue weighted by atomic mass is 9.84. The average Bonchev–Trinajstić information content (AvgIpc) is 2.98. The number of hydrogen-bond acceptors (Lipinski definition) is 4. The minimum Gasteiger partial charge on any atom is -0.467 e. The van der Waals surface area contributed by atoms with Crippen molar-refractivity contribution in [3.8, 4) is 0 Å². The highest BCUT2D eigenvalue weighted by molar-refractivity contribution is 6.30. The van der Waals surface area contributed by atoms with E-state index in [9.17, 15) is 9.59 Å². The van der Waals surface area contributed by atoms with Crippen molar-refractivity contribution in [2.24, 2.45) is 0 Å². The molecule has 1 atom stereocenters. The van der Waals surface area contributed by atoms with Gasteiger partial charge in [0.1, 0.15) is 0 Å². The van der Waals surface area contributed by atoms with Crippen LogP contribution in [0.1, 0.15) is 21.5 Å². The molecule has 4 rings (SSSR count). The third-order valence-corrected chi connectivity index (χ3v) is 5.35. The summed E-state index contributed by atoms with van der Waals surface area (Å²) < 4.78 is 5.16. The predicted octanol–water partition coefficient (Wildman–Crippen LogP) is 4.61. The molecular weight excluding hydrogens is 374 g/mol. The second-order valence-electron chi connectivity index (χ2n) is 6.63. The minimum atomic E-state index is -1.60. The fourth-order valence-electron chi connectivity index (χ4n) is 3.82. The number of ketones is 1. The summed E-state index contributed by atoms with van der Waals surface area (Å²) in [6, 6.07) is 23.8. The Morgan fingerprint density at radius 3 is 2.29 bits per heavy atom.